The van der Waals surface area contributed by atoms with Crippen molar-refractivity contribution in [3.05, 3.63) is 40.5 Å². The lowest BCUT2D eigenvalue weighted by atomic mass is 9.74. The molecule has 0 spiro atoms. The molecular weight excluding hydrogens is 409 g/mol. The van der Waals surface area contributed by atoms with Crippen molar-refractivity contribution in [2.75, 3.05) is 6.61 Å². The lowest BCUT2D eigenvalue weighted by Gasteiger charge is -2.31. The van der Waals surface area contributed by atoms with E-state index in [1.54, 1.807) is 0 Å². The molecule has 2 bridgehead atoms. The molecular formula is C19H17F3N2O6. The number of benzene rings is 1. The largest absolute Gasteiger partial charge is 0.494 e. The average molecular weight is 426 g/mol. The molecule has 1 fully saturated rings. The van der Waals surface area contributed by atoms with Crippen molar-refractivity contribution in [3.8, 4) is 23.5 Å². The Hall–Kier alpha value is -2.78. The molecule has 30 heavy (non-hydrogen) atoms. The van der Waals surface area contributed by atoms with Crippen LogP contribution in [0.3, 0.4) is 0 Å². The molecule has 0 radical (unpaired) electrons. The summed E-state index contributed by atoms with van der Waals surface area (Å²) in [7, 11) is 0. The van der Waals surface area contributed by atoms with Gasteiger partial charge in [0.15, 0.2) is 0 Å². The van der Waals surface area contributed by atoms with Gasteiger partial charge in [-0.1, -0.05) is 0 Å². The summed E-state index contributed by atoms with van der Waals surface area (Å²) in [6.45, 7) is 0.856. The number of hydrogen-bond donors (Lipinski definition) is 5. The van der Waals surface area contributed by atoms with Crippen LogP contribution in [0.25, 0.3) is 5.69 Å². The lowest BCUT2D eigenvalue weighted by molar-refractivity contribution is -0.137. The lowest BCUT2D eigenvalue weighted by Crippen LogP contribution is -2.46. The number of ether oxygens (including phenoxy) is 1. The average Bonchev–Trinajstić information content (AvgIpc) is 3.18. The molecule has 1 aromatic carbocycles. The molecule has 0 aliphatic carbocycles. The van der Waals surface area contributed by atoms with Crippen molar-refractivity contribution in [2.24, 2.45) is 0 Å². The SMILES string of the molecule is C[C@]12O[C@](CCO)(c3c1c(O)n(-c1ccc(C#N)c(C(F)(F)F)c1)c3O)[C@@H](O)[C@H]2O. The minimum absolute atomic E-state index is 0.0934. The molecule has 1 aromatic heterocycles. The maximum Gasteiger partial charge on any atom is 0.417 e. The Balaban J connectivity index is 1.99. The smallest absolute Gasteiger partial charge is 0.417 e. The highest BCUT2D eigenvalue weighted by molar-refractivity contribution is 5.63. The fraction of sp³-hybridized carbons (Fsp3) is 0.421. The zero-order valence-corrected chi connectivity index (χ0v) is 15.5. The van der Waals surface area contributed by atoms with Crippen molar-refractivity contribution in [1.29, 1.82) is 5.26 Å². The fourth-order valence-electron chi connectivity index (χ4n) is 4.61. The maximum absolute atomic E-state index is 13.4. The third-order valence-corrected chi connectivity index (χ3v) is 5.95. The molecule has 3 heterocycles. The van der Waals surface area contributed by atoms with Gasteiger partial charge in [-0.05, 0) is 25.1 Å². The molecule has 2 aromatic rings. The van der Waals surface area contributed by atoms with E-state index in [4.69, 9.17) is 10.00 Å². The van der Waals surface area contributed by atoms with Crippen molar-refractivity contribution >= 4 is 0 Å². The van der Waals surface area contributed by atoms with E-state index < -0.39 is 59.1 Å². The molecule has 4 atom stereocenters. The molecule has 0 amide bonds. The van der Waals surface area contributed by atoms with Crippen LogP contribution >= 0.6 is 0 Å². The fourth-order valence-corrected chi connectivity index (χ4v) is 4.61. The minimum Gasteiger partial charge on any atom is -0.494 e. The third-order valence-electron chi connectivity index (χ3n) is 5.95. The molecule has 2 aliphatic heterocycles. The Morgan fingerprint density at radius 2 is 1.80 bits per heavy atom. The van der Waals surface area contributed by atoms with Crippen molar-refractivity contribution in [2.45, 2.75) is 42.9 Å². The predicted octanol–water partition coefficient (Wildman–Crippen LogP) is 1.34. The van der Waals surface area contributed by atoms with Gasteiger partial charge < -0.3 is 30.3 Å². The number of nitrogens with zero attached hydrogens (tertiary/aromatic N) is 2. The first-order valence-electron chi connectivity index (χ1n) is 8.90. The predicted molar refractivity (Wildman–Crippen MR) is 92.6 cm³/mol. The Morgan fingerprint density at radius 1 is 1.17 bits per heavy atom. The second-order valence-corrected chi connectivity index (χ2v) is 7.53. The molecule has 1 saturated heterocycles. The summed E-state index contributed by atoms with van der Waals surface area (Å²) < 4.78 is 46.6. The van der Waals surface area contributed by atoms with Gasteiger partial charge in [0.05, 0.1) is 34.0 Å². The Labute approximate surface area is 167 Å². The van der Waals surface area contributed by atoms with Crippen LogP contribution in [0.5, 0.6) is 11.8 Å². The number of aliphatic hydroxyl groups is 3. The highest BCUT2D eigenvalue weighted by Gasteiger charge is 2.71. The number of alkyl halides is 3. The van der Waals surface area contributed by atoms with Gasteiger partial charge in [0.1, 0.15) is 23.4 Å². The Morgan fingerprint density at radius 3 is 2.37 bits per heavy atom. The second-order valence-electron chi connectivity index (χ2n) is 7.53. The summed E-state index contributed by atoms with van der Waals surface area (Å²) in [5, 5.41) is 61.0. The summed E-state index contributed by atoms with van der Waals surface area (Å²) in [4.78, 5) is 0. The molecule has 160 valence electrons. The quantitative estimate of drug-likeness (QED) is 0.499. The number of aliphatic hydroxyl groups excluding tert-OH is 3. The van der Waals surface area contributed by atoms with Gasteiger partial charge in [-0.15, -0.1) is 0 Å². The highest BCUT2D eigenvalue weighted by atomic mass is 19.4. The first-order valence-corrected chi connectivity index (χ1v) is 8.90. The summed E-state index contributed by atoms with van der Waals surface area (Å²) in [5.74, 6) is -1.39. The summed E-state index contributed by atoms with van der Waals surface area (Å²) in [5.41, 5.74) is -5.83. The van der Waals surface area contributed by atoms with Crippen molar-refractivity contribution < 1.29 is 43.4 Å². The van der Waals surface area contributed by atoms with Gasteiger partial charge in [-0.2, -0.15) is 18.4 Å². The standard InChI is InChI=1S/C19H17F3N2O6/c1-17-11-12(18(30-17,4-5-25)14(27)13(17)26)16(29)24(15(11)28)9-3-2-8(7-23)10(6-9)19(20,21)22/h2-3,6,13-14,25-29H,4-5H2,1H3/t13-,14+,17+,18-/m1/s1. The van der Waals surface area contributed by atoms with E-state index in [0.29, 0.717) is 6.07 Å². The van der Waals surface area contributed by atoms with Crippen molar-refractivity contribution in [1.82, 2.24) is 4.57 Å². The van der Waals surface area contributed by atoms with Gasteiger partial charge in [0.25, 0.3) is 0 Å². The van der Waals surface area contributed by atoms with Crippen LogP contribution in [0.4, 0.5) is 13.2 Å². The van der Waals surface area contributed by atoms with Crippen LogP contribution in [0.15, 0.2) is 18.2 Å². The number of aromatic nitrogens is 1. The normalized spacial score (nSPS) is 29.8. The summed E-state index contributed by atoms with van der Waals surface area (Å²) >= 11 is 0. The third kappa shape index (κ3) is 2.30. The monoisotopic (exact) mass is 426 g/mol. The van der Waals surface area contributed by atoms with Crippen LogP contribution in [-0.4, -0.2) is 48.9 Å². The second kappa shape index (κ2) is 6.12. The number of halogens is 3. The molecule has 4 rings (SSSR count). The van der Waals surface area contributed by atoms with Crippen molar-refractivity contribution in [3.63, 3.8) is 0 Å². The molecule has 5 N–H and O–H groups in total. The number of rotatable bonds is 3. The minimum atomic E-state index is -4.86. The van der Waals surface area contributed by atoms with Gasteiger partial charge in [0.2, 0.25) is 11.8 Å². The van der Waals surface area contributed by atoms with Crippen LogP contribution in [0, 0.1) is 11.3 Å². The van der Waals surface area contributed by atoms with E-state index in [1.165, 1.54) is 13.0 Å². The Bertz CT molecular complexity index is 1090. The number of hydrogen-bond acceptors (Lipinski definition) is 7. The highest BCUT2D eigenvalue weighted by Crippen LogP contribution is 2.65. The van der Waals surface area contributed by atoms with Gasteiger partial charge in [-0.3, -0.25) is 4.57 Å². The van der Waals surface area contributed by atoms with Gasteiger partial charge >= 0.3 is 6.18 Å². The first-order chi connectivity index (χ1) is 13.9. The van der Waals surface area contributed by atoms with E-state index in [2.05, 4.69) is 0 Å². The molecule has 8 nitrogen and oxygen atoms in total. The van der Waals surface area contributed by atoms with E-state index >= 15 is 0 Å². The summed E-state index contributed by atoms with van der Waals surface area (Å²) in [6.07, 6.45) is -8.19. The molecule has 2 aliphatic rings. The van der Waals surface area contributed by atoms with Crippen LogP contribution < -0.4 is 0 Å². The zero-order valence-electron chi connectivity index (χ0n) is 15.5. The number of nitriles is 1. The number of fused-ring (bicyclic) bond motifs is 5. The van der Waals surface area contributed by atoms with E-state index in [1.807, 2.05) is 0 Å². The summed E-state index contributed by atoms with van der Waals surface area (Å²) in [6, 6.07) is 4.06. The van der Waals surface area contributed by atoms with Crippen LogP contribution in [-0.2, 0) is 22.1 Å². The van der Waals surface area contributed by atoms with E-state index in [9.17, 15) is 38.7 Å². The molecule has 0 unspecified atom stereocenters. The van der Waals surface area contributed by atoms with Gasteiger partial charge in [-0.25, -0.2) is 0 Å². The van der Waals surface area contributed by atoms with Crippen LogP contribution in [0.1, 0.15) is 35.6 Å². The molecule has 11 heteroatoms. The number of aromatic hydroxyl groups is 2. The topological polar surface area (TPSA) is 139 Å². The van der Waals surface area contributed by atoms with Gasteiger partial charge in [0, 0.05) is 13.0 Å². The first kappa shape index (κ1) is 20.5. The Kier molecular flexibility index (Phi) is 4.18. The maximum atomic E-state index is 13.4. The van der Waals surface area contributed by atoms with Crippen LogP contribution in [0.2, 0.25) is 0 Å². The van der Waals surface area contributed by atoms with E-state index in [-0.39, 0.29) is 23.2 Å². The van der Waals surface area contributed by atoms with E-state index in [0.717, 1.165) is 16.7 Å². The molecule has 0 saturated carbocycles. The zero-order chi connectivity index (χ0) is 22.2.